The summed E-state index contributed by atoms with van der Waals surface area (Å²) < 4.78 is 1.81. The second-order valence-electron chi connectivity index (χ2n) is 4.80. The molecule has 0 amide bonds. The third kappa shape index (κ3) is 1.25. The molecule has 82 valence electrons. The number of fused-ring (bicyclic) bond motifs is 2. The average Bonchev–Trinajstić information content (AvgIpc) is 2.81. The van der Waals surface area contributed by atoms with Gasteiger partial charge in [-0.25, -0.2) is 0 Å². The van der Waals surface area contributed by atoms with Gasteiger partial charge in [0.05, 0.1) is 5.69 Å². The largest absolute Gasteiger partial charge is 0.383 e. The van der Waals surface area contributed by atoms with E-state index in [0.717, 1.165) is 38.2 Å². The molecule has 4 nitrogen and oxygen atoms in total. The molecule has 2 fully saturated rings. The summed E-state index contributed by atoms with van der Waals surface area (Å²) in [5, 5.41) is 15.0. The molecule has 3 atom stereocenters. The van der Waals surface area contributed by atoms with Crippen LogP contribution in [0.4, 0.5) is 0 Å². The Hall–Kier alpha value is -0.870. The highest BCUT2D eigenvalue weighted by molar-refractivity contribution is 5.16. The molecule has 3 heterocycles. The first-order chi connectivity index (χ1) is 7.20. The Kier molecular flexibility index (Phi) is 1.91. The molecule has 0 aliphatic carbocycles. The molecule has 0 aromatic carbocycles. The lowest BCUT2D eigenvalue weighted by molar-refractivity contribution is -0.0564. The quantitative estimate of drug-likeness (QED) is 0.721. The third-order valence-electron chi connectivity index (χ3n) is 4.02. The normalized spacial score (nSPS) is 39.6. The van der Waals surface area contributed by atoms with Gasteiger partial charge in [0.1, 0.15) is 5.60 Å². The topological polar surface area (TPSA) is 41.3 Å². The molecule has 0 radical (unpaired) electrons. The van der Waals surface area contributed by atoms with Gasteiger partial charge in [0.2, 0.25) is 0 Å². The van der Waals surface area contributed by atoms with E-state index in [4.69, 9.17) is 0 Å². The Labute approximate surface area is 89.5 Å². The van der Waals surface area contributed by atoms with Crippen LogP contribution in [0.3, 0.4) is 0 Å². The number of aromatic nitrogens is 2. The maximum atomic E-state index is 10.8. The number of piperidine rings is 1. The zero-order valence-electron chi connectivity index (χ0n) is 9.06. The van der Waals surface area contributed by atoms with E-state index in [1.807, 2.05) is 17.8 Å². The molecule has 2 aliphatic heterocycles. The van der Waals surface area contributed by atoms with Gasteiger partial charge in [-0.15, -0.1) is 0 Å². The second kappa shape index (κ2) is 3.06. The Balaban J connectivity index is 1.99. The minimum Gasteiger partial charge on any atom is -0.383 e. The fourth-order valence-corrected chi connectivity index (χ4v) is 3.09. The number of hydrogen-bond acceptors (Lipinski definition) is 3. The zero-order valence-corrected chi connectivity index (χ0v) is 9.06. The van der Waals surface area contributed by atoms with Crippen molar-refractivity contribution in [1.29, 1.82) is 0 Å². The second-order valence-corrected chi connectivity index (χ2v) is 4.80. The molecule has 15 heavy (non-hydrogen) atoms. The molecule has 3 unspecified atom stereocenters. The number of aliphatic hydroxyl groups is 1. The first-order valence-electron chi connectivity index (χ1n) is 5.63. The van der Waals surface area contributed by atoms with Gasteiger partial charge in [0.15, 0.2) is 0 Å². The predicted octanol–water partition coefficient (Wildman–Crippen LogP) is 0.333. The van der Waals surface area contributed by atoms with Crippen molar-refractivity contribution in [2.45, 2.75) is 18.4 Å². The average molecular weight is 207 g/mol. The van der Waals surface area contributed by atoms with Crippen LogP contribution in [0.25, 0.3) is 0 Å². The van der Waals surface area contributed by atoms with Gasteiger partial charge in [0, 0.05) is 32.3 Å². The van der Waals surface area contributed by atoms with Crippen LogP contribution < -0.4 is 0 Å². The summed E-state index contributed by atoms with van der Waals surface area (Å²) in [4.78, 5) is 2.44. The minimum absolute atomic E-state index is 0.390. The van der Waals surface area contributed by atoms with Crippen molar-refractivity contribution in [3.05, 3.63) is 18.0 Å². The fourth-order valence-electron chi connectivity index (χ4n) is 3.09. The van der Waals surface area contributed by atoms with E-state index in [1.54, 1.807) is 6.20 Å². The number of nitrogens with zero attached hydrogens (tertiary/aromatic N) is 3. The van der Waals surface area contributed by atoms with Gasteiger partial charge in [0.25, 0.3) is 0 Å². The van der Waals surface area contributed by atoms with Crippen LogP contribution in [-0.2, 0) is 12.6 Å². The summed E-state index contributed by atoms with van der Waals surface area (Å²) in [6.45, 7) is 3.20. The van der Waals surface area contributed by atoms with Crippen LogP contribution in [-0.4, -0.2) is 39.4 Å². The summed E-state index contributed by atoms with van der Waals surface area (Å²) in [5.41, 5.74) is 0.340. The van der Waals surface area contributed by atoms with Gasteiger partial charge in [-0.3, -0.25) is 4.68 Å². The van der Waals surface area contributed by atoms with Gasteiger partial charge in [-0.1, -0.05) is 0 Å². The molecule has 4 heteroatoms. The van der Waals surface area contributed by atoms with E-state index in [0.29, 0.717) is 5.92 Å². The predicted molar refractivity (Wildman–Crippen MR) is 56.3 cm³/mol. The summed E-state index contributed by atoms with van der Waals surface area (Å²) >= 11 is 0. The molecule has 0 spiro atoms. The standard InChI is InChI=1S/C11H17N3O/c1-13-10(2-5-12-13)11(15)4-7-14-6-3-9(11)8-14/h2,5,9,15H,3-4,6-8H2,1H3. The van der Waals surface area contributed by atoms with Crippen LogP contribution in [0.5, 0.6) is 0 Å². The van der Waals surface area contributed by atoms with Crippen molar-refractivity contribution in [1.82, 2.24) is 14.7 Å². The molecule has 3 rings (SSSR count). The molecule has 1 aromatic heterocycles. The summed E-state index contributed by atoms with van der Waals surface area (Å²) in [6, 6.07) is 1.95. The maximum Gasteiger partial charge on any atom is 0.111 e. The van der Waals surface area contributed by atoms with E-state index in [9.17, 15) is 5.11 Å². The SMILES string of the molecule is Cn1nccc1C1(O)CCN2CCC1C2. The van der Waals surface area contributed by atoms with Crippen molar-refractivity contribution < 1.29 is 5.11 Å². The minimum atomic E-state index is -0.641. The smallest absolute Gasteiger partial charge is 0.111 e. The Morgan fingerprint density at radius 1 is 1.53 bits per heavy atom. The van der Waals surface area contributed by atoms with Crippen molar-refractivity contribution in [3.63, 3.8) is 0 Å². The van der Waals surface area contributed by atoms with E-state index in [1.165, 1.54) is 0 Å². The lowest BCUT2D eigenvalue weighted by Gasteiger charge is -2.38. The Bertz CT molecular complexity index is 376. The van der Waals surface area contributed by atoms with Gasteiger partial charge in [-0.2, -0.15) is 5.10 Å². The van der Waals surface area contributed by atoms with Crippen molar-refractivity contribution in [2.75, 3.05) is 19.6 Å². The third-order valence-corrected chi connectivity index (χ3v) is 4.02. The van der Waals surface area contributed by atoms with Crippen LogP contribution in [0.1, 0.15) is 18.5 Å². The Morgan fingerprint density at radius 2 is 2.40 bits per heavy atom. The summed E-state index contributed by atoms with van der Waals surface area (Å²) in [5.74, 6) is 0.390. The van der Waals surface area contributed by atoms with E-state index < -0.39 is 5.60 Å². The first-order valence-corrected chi connectivity index (χ1v) is 5.63. The lowest BCUT2D eigenvalue weighted by Crippen LogP contribution is -2.45. The first kappa shape index (κ1) is 9.36. The zero-order chi connectivity index (χ0) is 10.5. The maximum absolute atomic E-state index is 10.8. The van der Waals surface area contributed by atoms with Crippen molar-refractivity contribution in [2.24, 2.45) is 13.0 Å². The van der Waals surface area contributed by atoms with Gasteiger partial charge < -0.3 is 10.0 Å². The highest BCUT2D eigenvalue weighted by atomic mass is 16.3. The molecule has 1 N–H and O–H groups in total. The highest BCUT2D eigenvalue weighted by Crippen LogP contribution is 2.42. The molecule has 2 bridgehead atoms. The van der Waals surface area contributed by atoms with Crippen LogP contribution in [0.2, 0.25) is 0 Å². The van der Waals surface area contributed by atoms with Gasteiger partial charge in [-0.05, 0) is 25.5 Å². The van der Waals surface area contributed by atoms with Crippen LogP contribution in [0.15, 0.2) is 12.3 Å². The Morgan fingerprint density at radius 3 is 3.13 bits per heavy atom. The van der Waals surface area contributed by atoms with Crippen LogP contribution in [0, 0.1) is 5.92 Å². The van der Waals surface area contributed by atoms with Crippen molar-refractivity contribution in [3.8, 4) is 0 Å². The monoisotopic (exact) mass is 207 g/mol. The van der Waals surface area contributed by atoms with Crippen LogP contribution >= 0.6 is 0 Å². The van der Waals surface area contributed by atoms with E-state index >= 15 is 0 Å². The highest BCUT2D eigenvalue weighted by Gasteiger charge is 2.47. The summed E-state index contributed by atoms with van der Waals surface area (Å²) in [7, 11) is 1.91. The molecule has 0 saturated carbocycles. The molecule has 2 saturated heterocycles. The number of hydrogen-bond donors (Lipinski definition) is 1. The number of aryl methyl sites for hydroxylation is 1. The summed E-state index contributed by atoms with van der Waals surface area (Å²) in [6.07, 6.45) is 3.73. The van der Waals surface area contributed by atoms with Crippen molar-refractivity contribution >= 4 is 0 Å². The molecular formula is C11H17N3O. The number of rotatable bonds is 1. The molecular weight excluding hydrogens is 190 g/mol. The van der Waals surface area contributed by atoms with Gasteiger partial charge >= 0.3 is 0 Å². The van der Waals surface area contributed by atoms with E-state index in [2.05, 4.69) is 10.00 Å². The lowest BCUT2D eigenvalue weighted by atomic mass is 9.79. The van der Waals surface area contributed by atoms with E-state index in [-0.39, 0.29) is 0 Å². The fraction of sp³-hybridized carbons (Fsp3) is 0.727. The molecule has 2 aliphatic rings. The molecule has 1 aromatic rings.